The maximum Gasteiger partial charge on any atom is 0.405 e. The van der Waals surface area contributed by atoms with E-state index in [2.05, 4.69) is 5.32 Å². The lowest BCUT2D eigenvalue weighted by Crippen LogP contribution is -2.46. The summed E-state index contributed by atoms with van der Waals surface area (Å²) >= 11 is 0. The average Bonchev–Trinajstić information content (AvgIpc) is 2.97. The Labute approximate surface area is 145 Å². The number of nitrogens with one attached hydrogen (secondary N) is 1. The largest absolute Gasteiger partial charge is 0.465 e. The standard InChI is InChI=1S/C19H20F2N2O2/c1-19(20,21)16-8-6-13(7-9-16)10-17(22-18(24)25)23-11-14-4-2-3-5-15(14)12-23/h2-9,17,22H,10-12H2,1H3,(H,24,25). The Morgan fingerprint density at radius 2 is 1.72 bits per heavy atom. The monoisotopic (exact) mass is 346 g/mol. The van der Waals surface area contributed by atoms with Crippen molar-refractivity contribution in [2.45, 2.75) is 38.5 Å². The molecule has 0 bridgehead atoms. The van der Waals surface area contributed by atoms with E-state index in [-0.39, 0.29) is 5.56 Å². The van der Waals surface area contributed by atoms with Crippen molar-refractivity contribution in [1.29, 1.82) is 0 Å². The number of nitrogens with zero attached hydrogens (tertiary/aromatic N) is 1. The number of alkyl halides is 2. The molecule has 0 aliphatic carbocycles. The number of amides is 1. The first-order valence-electron chi connectivity index (χ1n) is 8.10. The van der Waals surface area contributed by atoms with E-state index in [1.807, 2.05) is 29.2 Å². The molecule has 2 aromatic rings. The molecule has 132 valence electrons. The third-order valence-electron chi connectivity index (χ3n) is 4.49. The van der Waals surface area contributed by atoms with Gasteiger partial charge in [0.05, 0.1) is 6.17 Å². The molecule has 1 atom stereocenters. The molecule has 2 N–H and O–H groups in total. The molecule has 1 aliphatic heterocycles. The van der Waals surface area contributed by atoms with Gasteiger partial charge in [0.15, 0.2) is 0 Å². The lowest BCUT2D eigenvalue weighted by atomic mass is 10.0. The molecule has 0 saturated carbocycles. The third kappa shape index (κ3) is 4.14. The molecule has 0 fully saturated rings. The quantitative estimate of drug-likeness (QED) is 0.862. The highest BCUT2D eigenvalue weighted by Gasteiger charge is 2.28. The zero-order valence-corrected chi connectivity index (χ0v) is 13.9. The summed E-state index contributed by atoms with van der Waals surface area (Å²) in [4.78, 5) is 13.2. The van der Waals surface area contributed by atoms with Crippen molar-refractivity contribution in [3.05, 3.63) is 70.8 Å². The molecule has 0 aromatic heterocycles. The molecule has 1 amide bonds. The smallest absolute Gasteiger partial charge is 0.405 e. The van der Waals surface area contributed by atoms with Crippen LogP contribution < -0.4 is 5.32 Å². The van der Waals surface area contributed by atoms with Crippen LogP contribution in [0, 0.1) is 0 Å². The SMILES string of the molecule is CC(F)(F)c1ccc(CC(NC(=O)O)N2Cc3ccccc3C2)cc1. The van der Waals surface area contributed by atoms with E-state index in [1.165, 1.54) is 23.3 Å². The summed E-state index contributed by atoms with van der Waals surface area (Å²) in [5.41, 5.74) is 3.12. The van der Waals surface area contributed by atoms with Gasteiger partial charge in [0.25, 0.3) is 5.92 Å². The number of hydrogen-bond acceptors (Lipinski definition) is 2. The minimum atomic E-state index is -2.88. The molecule has 3 rings (SSSR count). The summed E-state index contributed by atoms with van der Waals surface area (Å²) in [5.74, 6) is -2.88. The van der Waals surface area contributed by atoms with Crippen LogP contribution in [-0.4, -0.2) is 22.3 Å². The average molecular weight is 346 g/mol. The Hall–Kier alpha value is -2.47. The third-order valence-corrected chi connectivity index (χ3v) is 4.49. The van der Waals surface area contributed by atoms with Gasteiger partial charge in [-0.2, -0.15) is 0 Å². The van der Waals surface area contributed by atoms with Crippen molar-refractivity contribution in [3.63, 3.8) is 0 Å². The van der Waals surface area contributed by atoms with Crippen LogP contribution >= 0.6 is 0 Å². The number of fused-ring (bicyclic) bond motifs is 1. The van der Waals surface area contributed by atoms with E-state index in [0.29, 0.717) is 19.5 Å². The second kappa shape index (κ2) is 6.80. The van der Waals surface area contributed by atoms with Crippen molar-refractivity contribution < 1.29 is 18.7 Å². The van der Waals surface area contributed by atoms with Crippen LogP contribution in [0.2, 0.25) is 0 Å². The van der Waals surface area contributed by atoms with Gasteiger partial charge in [0.1, 0.15) is 0 Å². The van der Waals surface area contributed by atoms with Gasteiger partial charge in [-0.05, 0) is 16.7 Å². The van der Waals surface area contributed by atoms with Gasteiger partial charge in [-0.3, -0.25) is 4.90 Å². The van der Waals surface area contributed by atoms with E-state index in [9.17, 15) is 13.6 Å². The highest BCUT2D eigenvalue weighted by Crippen LogP contribution is 2.28. The summed E-state index contributed by atoms with van der Waals surface area (Å²) in [6.45, 7) is 2.18. The number of halogens is 2. The Bertz CT molecular complexity index is 732. The van der Waals surface area contributed by atoms with E-state index in [0.717, 1.165) is 12.5 Å². The zero-order valence-electron chi connectivity index (χ0n) is 13.9. The molecule has 1 unspecified atom stereocenters. The van der Waals surface area contributed by atoms with Gasteiger partial charge in [-0.1, -0.05) is 48.5 Å². The van der Waals surface area contributed by atoms with Crippen LogP contribution in [0.3, 0.4) is 0 Å². The van der Waals surface area contributed by atoms with Crippen LogP contribution in [0.25, 0.3) is 0 Å². The van der Waals surface area contributed by atoms with Gasteiger partial charge >= 0.3 is 6.09 Å². The van der Waals surface area contributed by atoms with E-state index in [4.69, 9.17) is 5.11 Å². The molecule has 2 aromatic carbocycles. The first kappa shape index (κ1) is 17.4. The predicted molar refractivity (Wildman–Crippen MR) is 90.4 cm³/mol. The van der Waals surface area contributed by atoms with Crippen molar-refractivity contribution in [1.82, 2.24) is 10.2 Å². The van der Waals surface area contributed by atoms with Crippen LogP contribution in [0.15, 0.2) is 48.5 Å². The Morgan fingerprint density at radius 3 is 2.20 bits per heavy atom. The van der Waals surface area contributed by atoms with Gasteiger partial charge in [0, 0.05) is 32.0 Å². The summed E-state index contributed by atoms with van der Waals surface area (Å²) in [7, 11) is 0. The van der Waals surface area contributed by atoms with E-state index in [1.54, 1.807) is 12.1 Å². The summed E-state index contributed by atoms with van der Waals surface area (Å²) in [6.07, 6.45) is -1.11. The van der Waals surface area contributed by atoms with Crippen LogP contribution in [-0.2, 0) is 25.4 Å². The summed E-state index contributed by atoms with van der Waals surface area (Å²) in [6, 6.07) is 14.0. The first-order valence-corrected chi connectivity index (χ1v) is 8.10. The van der Waals surface area contributed by atoms with Gasteiger partial charge in [-0.15, -0.1) is 0 Å². The van der Waals surface area contributed by atoms with Crippen molar-refractivity contribution >= 4 is 6.09 Å². The minimum absolute atomic E-state index is 0.0485. The fourth-order valence-electron chi connectivity index (χ4n) is 3.15. The Morgan fingerprint density at radius 1 is 1.16 bits per heavy atom. The molecule has 6 heteroatoms. The Kier molecular flexibility index (Phi) is 4.72. The lowest BCUT2D eigenvalue weighted by Gasteiger charge is -2.27. The van der Waals surface area contributed by atoms with Crippen LogP contribution in [0.1, 0.15) is 29.2 Å². The molecule has 25 heavy (non-hydrogen) atoms. The predicted octanol–water partition coefficient (Wildman–Crippen LogP) is 3.95. The molecule has 0 spiro atoms. The molecule has 0 saturated heterocycles. The molecule has 1 aliphatic rings. The number of benzene rings is 2. The van der Waals surface area contributed by atoms with Crippen LogP contribution in [0.5, 0.6) is 0 Å². The van der Waals surface area contributed by atoms with Crippen LogP contribution in [0.4, 0.5) is 13.6 Å². The maximum atomic E-state index is 13.3. The molecule has 4 nitrogen and oxygen atoms in total. The highest BCUT2D eigenvalue weighted by molar-refractivity contribution is 5.64. The van der Waals surface area contributed by atoms with E-state index >= 15 is 0 Å². The van der Waals surface area contributed by atoms with E-state index < -0.39 is 18.2 Å². The fourth-order valence-corrected chi connectivity index (χ4v) is 3.15. The topological polar surface area (TPSA) is 52.6 Å². The second-order valence-electron chi connectivity index (χ2n) is 6.43. The number of hydrogen-bond donors (Lipinski definition) is 2. The summed E-state index contributed by atoms with van der Waals surface area (Å²) in [5, 5.41) is 11.7. The second-order valence-corrected chi connectivity index (χ2v) is 6.43. The van der Waals surface area contributed by atoms with Gasteiger partial charge < -0.3 is 10.4 Å². The van der Waals surface area contributed by atoms with Gasteiger partial charge in [-0.25, -0.2) is 13.6 Å². The Balaban J connectivity index is 1.75. The molecule has 1 heterocycles. The van der Waals surface area contributed by atoms with Crippen molar-refractivity contribution in [3.8, 4) is 0 Å². The normalized spacial score (nSPS) is 15.6. The molecular weight excluding hydrogens is 326 g/mol. The minimum Gasteiger partial charge on any atom is -0.465 e. The number of carboxylic acid groups (broad SMARTS) is 1. The maximum absolute atomic E-state index is 13.3. The molecular formula is C19H20F2N2O2. The number of rotatable bonds is 5. The highest BCUT2D eigenvalue weighted by atomic mass is 19.3. The molecule has 0 radical (unpaired) electrons. The van der Waals surface area contributed by atoms with Crippen molar-refractivity contribution in [2.75, 3.05) is 0 Å². The van der Waals surface area contributed by atoms with Crippen molar-refractivity contribution in [2.24, 2.45) is 0 Å². The zero-order chi connectivity index (χ0) is 18.0. The first-order chi connectivity index (χ1) is 11.8. The fraction of sp³-hybridized carbons (Fsp3) is 0.316. The summed E-state index contributed by atoms with van der Waals surface area (Å²) < 4.78 is 26.6. The lowest BCUT2D eigenvalue weighted by molar-refractivity contribution is 0.0174. The van der Waals surface area contributed by atoms with Gasteiger partial charge in [0.2, 0.25) is 0 Å². The number of carbonyl (C=O) groups is 1.